The fourth-order valence-corrected chi connectivity index (χ4v) is 2.31. The van der Waals surface area contributed by atoms with Crippen molar-refractivity contribution >= 4 is 47.2 Å². The van der Waals surface area contributed by atoms with Crippen LogP contribution in [0, 0.1) is 5.92 Å². The highest BCUT2D eigenvalue weighted by Crippen LogP contribution is 2.28. The molecule has 1 aliphatic carbocycles. The third kappa shape index (κ3) is 6.08. The molecule has 1 aromatic rings. The Balaban J connectivity index is 0.00000200. The lowest BCUT2D eigenvalue weighted by molar-refractivity contribution is -0.122. The summed E-state index contributed by atoms with van der Waals surface area (Å²) < 4.78 is 0. The highest BCUT2D eigenvalue weighted by molar-refractivity contribution is 14.0. The molecule has 7 heteroatoms. The molecule has 1 fully saturated rings. The first kappa shape index (κ1) is 17.2. The Bertz CT molecular complexity index is 432. The molecule has 1 amide bonds. The zero-order valence-corrected chi connectivity index (χ0v) is 14.7. The van der Waals surface area contributed by atoms with Gasteiger partial charge in [-0.25, -0.2) is 0 Å². The van der Waals surface area contributed by atoms with E-state index < -0.39 is 0 Å². The highest BCUT2D eigenvalue weighted by atomic mass is 127. The topological polar surface area (TPSA) is 65.5 Å². The summed E-state index contributed by atoms with van der Waals surface area (Å²) in [6, 6.07) is 4.12. The number of aliphatic imine (C=N–C) groups is 1. The fourth-order valence-electron chi connectivity index (χ4n) is 1.66. The summed E-state index contributed by atoms with van der Waals surface area (Å²) in [5.74, 6) is 1.22. The van der Waals surface area contributed by atoms with Crippen molar-refractivity contribution in [1.82, 2.24) is 16.0 Å². The molecule has 0 aromatic carbocycles. The third-order valence-corrected chi connectivity index (χ3v) is 3.77. The summed E-state index contributed by atoms with van der Waals surface area (Å²) in [5, 5.41) is 11.4. The molecule has 0 unspecified atom stereocenters. The van der Waals surface area contributed by atoms with E-state index in [2.05, 4.69) is 32.4 Å². The standard InChI is InChI=1S/C13H20N4OS.HI/c1-14-13(17-9-11-3-2-8-19-11)16-7-6-15-12(18)10-4-5-10;/h2-3,8,10H,4-7,9H2,1H3,(H,15,18)(H2,14,16,17);1H. The maximum absolute atomic E-state index is 11.4. The molecule has 0 spiro atoms. The molecule has 0 saturated heterocycles. The lowest BCUT2D eigenvalue weighted by Crippen LogP contribution is -2.41. The predicted molar refractivity (Wildman–Crippen MR) is 93.7 cm³/mol. The molecule has 1 aromatic heterocycles. The number of carbonyl (C=O) groups is 1. The minimum atomic E-state index is 0. The second-order valence-corrected chi connectivity index (χ2v) is 5.53. The molecule has 112 valence electrons. The Labute approximate surface area is 140 Å². The van der Waals surface area contributed by atoms with Gasteiger partial charge in [-0.3, -0.25) is 9.79 Å². The van der Waals surface area contributed by atoms with E-state index in [-0.39, 0.29) is 35.8 Å². The molecule has 0 bridgehead atoms. The van der Waals surface area contributed by atoms with E-state index in [1.165, 1.54) is 4.88 Å². The van der Waals surface area contributed by atoms with Crippen LogP contribution in [0.5, 0.6) is 0 Å². The number of hydrogen-bond donors (Lipinski definition) is 3. The van der Waals surface area contributed by atoms with Crippen molar-refractivity contribution in [3.63, 3.8) is 0 Å². The normalized spacial score (nSPS) is 14.3. The lowest BCUT2D eigenvalue weighted by atomic mass is 10.4. The van der Waals surface area contributed by atoms with Crippen molar-refractivity contribution in [2.75, 3.05) is 20.1 Å². The average Bonchev–Trinajstić information content (AvgIpc) is 3.15. The molecular formula is C13H21IN4OS. The number of nitrogens with one attached hydrogen (secondary N) is 3. The summed E-state index contributed by atoms with van der Waals surface area (Å²) in [6.45, 7) is 2.09. The summed E-state index contributed by atoms with van der Waals surface area (Å²) in [7, 11) is 1.74. The number of carbonyl (C=O) groups excluding carboxylic acids is 1. The van der Waals surface area contributed by atoms with Gasteiger partial charge in [0, 0.05) is 30.9 Å². The van der Waals surface area contributed by atoms with Crippen molar-refractivity contribution in [3.05, 3.63) is 22.4 Å². The van der Waals surface area contributed by atoms with Crippen molar-refractivity contribution in [1.29, 1.82) is 0 Å². The Morgan fingerprint density at radius 1 is 1.35 bits per heavy atom. The summed E-state index contributed by atoms with van der Waals surface area (Å²) in [5.41, 5.74) is 0. The Hall–Kier alpha value is -0.830. The molecule has 0 aliphatic heterocycles. The molecule has 20 heavy (non-hydrogen) atoms. The van der Waals surface area contributed by atoms with Gasteiger partial charge in [0.25, 0.3) is 0 Å². The van der Waals surface area contributed by atoms with Gasteiger partial charge in [-0.15, -0.1) is 35.3 Å². The van der Waals surface area contributed by atoms with E-state index in [0.717, 1.165) is 25.3 Å². The van der Waals surface area contributed by atoms with E-state index in [1.807, 2.05) is 6.07 Å². The van der Waals surface area contributed by atoms with Gasteiger partial charge < -0.3 is 16.0 Å². The van der Waals surface area contributed by atoms with Crippen LogP contribution in [0.15, 0.2) is 22.5 Å². The molecule has 0 atom stereocenters. The fraction of sp³-hybridized carbons (Fsp3) is 0.538. The summed E-state index contributed by atoms with van der Waals surface area (Å²) >= 11 is 1.72. The second kappa shape index (κ2) is 9.17. The molecule has 1 heterocycles. The first-order valence-corrected chi connectivity index (χ1v) is 7.42. The van der Waals surface area contributed by atoms with Crippen molar-refractivity contribution < 1.29 is 4.79 Å². The predicted octanol–water partition coefficient (Wildman–Crippen LogP) is 1.56. The van der Waals surface area contributed by atoms with Crippen molar-refractivity contribution in [3.8, 4) is 0 Å². The smallest absolute Gasteiger partial charge is 0.223 e. The van der Waals surface area contributed by atoms with Gasteiger partial charge in [0.05, 0.1) is 6.54 Å². The number of guanidine groups is 1. The van der Waals surface area contributed by atoms with Crippen LogP contribution in [0.3, 0.4) is 0 Å². The second-order valence-electron chi connectivity index (χ2n) is 4.50. The first-order valence-electron chi connectivity index (χ1n) is 6.54. The first-order chi connectivity index (χ1) is 9.29. The Morgan fingerprint density at radius 2 is 2.10 bits per heavy atom. The van der Waals surface area contributed by atoms with Crippen LogP contribution in [0.4, 0.5) is 0 Å². The molecule has 1 saturated carbocycles. The quantitative estimate of drug-likeness (QED) is 0.290. The molecule has 5 nitrogen and oxygen atoms in total. The van der Waals surface area contributed by atoms with Crippen molar-refractivity contribution in [2.45, 2.75) is 19.4 Å². The Kier molecular flexibility index (Phi) is 7.90. The minimum Gasteiger partial charge on any atom is -0.355 e. The van der Waals surface area contributed by atoms with Crippen LogP contribution in [0.1, 0.15) is 17.7 Å². The van der Waals surface area contributed by atoms with Gasteiger partial charge in [0.15, 0.2) is 5.96 Å². The monoisotopic (exact) mass is 408 g/mol. The van der Waals surface area contributed by atoms with Gasteiger partial charge in [-0.2, -0.15) is 0 Å². The van der Waals surface area contributed by atoms with Gasteiger partial charge in [0.2, 0.25) is 5.91 Å². The zero-order valence-electron chi connectivity index (χ0n) is 11.5. The van der Waals surface area contributed by atoms with Crippen LogP contribution in [-0.2, 0) is 11.3 Å². The molecule has 1 aliphatic rings. The van der Waals surface area contributed by atoms with Gasteiger partial charge in [-0.05, 0) is 24.3 Å². The number of nitrogens with zero attached hydrogens (tertiary/aromatic N) is 1. The van der Waals surface area contributed by atoms with E-state index in [4.69, 9.17) is 0 Å². The average molecular weight is 408 g/mol. The van der Waals surface area contributed by atoms with Crippen LogP contribution in [0.25, 0.3) is 0 Å². The maximum Gasteiger partial charge on any atom is 0.223 e. The highest BCUT2D eigenvalue weighted by Gasteiger charge is 2.28. The van der Waals surface area contributed by atoms with E-state index in [9.17, 15) is 4.79 Å². The molecule has 2 rings (SSSR count). The molecule has 3 N–H and O–H groups in total. The van der Waals surface area contributed by atoms with Crippen LogP contribution < -0.4 is 16.0 Å². The van der Waals surface area contributed by atoms with Gasteiger partial charge >= 0.3 is 0 Å². The molecular weight excluding hydrogens is 387 g/mol. The Morgan fingerprint density at radius 3 is 2.70 bits per heavy atom. The lowest BCUT2D eigenvalue weighted by Gasteiger charge is -2.11. The SMILES string of the molecule is CN=C(NCCNC(=O)C1CC1)NCc1cccs1.I. The van der Waals surface area contributed by atoms with E-state index in [0.29, 0.717) is 13.1 Å². The minimum absolute atomic E-state index is 0. The third-order valence-electron chi connectivity index (χ3n) is 2.90. The van der Waals surface area contributed by atoms with E-state index >= 15 is 0 Å². The largest absolute Gasteiger partial charge is 0.355 e. The van der Waals surface area contributed by atoms with Crippen LogP contribution >= 0.6 is 35.3 Å². The number of thiophene rings is 1. The van der Waals surface area contributed by atoms with Gasteiger partial charge in [-0.1, -0.05) is 6.07 Å². The number of hydrogen-bond acceptors (Lipinski definition) is 3. The number of amides is 1. The van der Waals surface area contributed by atoms with E-state index in [1.54, 1.807) is 18.4 Å². The summed E-state index contributed by atoms with van der Waals surface area (Å²) in [4.78, 5) is 16.8. The van der Waals surface area contributed by atoms with Crippen molar-refractivity contribution in [2.24, 2.45) is 10.9 Å². The number of halogens is 1. The van der Waals surface area contributed by atoms with Crippen LogP contribution in [-0.4, -0.2) is 32.0 Å². The maximum atomic E-state index is 11.4. The van der Waals surface area contributed by atoms with Gasteiger partial charge in [0.1, 0.15) is 0 Å². The summed E-state index contributed by atoms with van der Waals surface area (Å²) in [6.07, 6.45) is 2.09. The zero-order chi connectivity index (χ0) is 13.5. The van der Waals surface area contributed by atoms with Crippen LogP contribution in [0.2, 0.25) is 0 Å². The number of rotatable bonds is 6. The molecule has 0 radical (unpaired) electrons.